The van der Waals surface area contributed by atoms with E-state index in [9.17, 15) is 9.59 Å². The van der Waals surface area contributed by atoms with Crippen LogP contribution in [0.25, 0.3) is 0 Å². The Morgan fingerprint density at radius 3 is 1.04 bits per heavy atom. The van der Waals surface area contributed by atoms with E-state index in [2.05, 4.69) is 38.3 Å². The molecule has 2 amide bonds. The molecule has 4 heteroatoms. The molecule has 0 rings (SSSR count). The van der Waals surface area contributed by atoms with Gasteiger partial charge in [0.05, 0.1) is 0 Å². The molecule has 4 nitrogen and oxygen atoms in total. The average molecular weight is 677 g/mol. The van der Waals surface area contributed by atoms with Crippen LogP contribution in [0.3, 0.4) is 0 Å². The van der Waals surface area contributed by atoms with Crippen LogP contribution in [-0.2, 0) is 9.59 Å². The van der Waals surface area contributed by atoms with Gasteiger partial charge in [0.2, 0.25) is 11.8 Å². The number of nitrogens with one attached hydrogen (secondary N) is 2. The summed E-state index contributed by atoms with van der Waals surface area (Å²) in [6, 6.07) is 0.241. The van der Waals surface area contributed by atoms with Crippen molar-refractivity contribution in [1.82, 2.24) is 10.6 Å². The molecule has 0 bridgehead atoms. The van der Waals surface area contributed by atoms with Gasteiger partial charge in [0.15, 0.2) is 0 Å². The van der Waals surface area contributed by atoms with Crippen LogP contribution in [0.15, 0.2) is 0 Å². The number of hydrogen-bond donors (Lipinski definition) is 2. The van der Waals surface area contributed by atoms with Crippen LogP contribution in [0.5, 0.6) is 0 Å². The minimum atomic E-state index is 0.210. The molecule has 0 aromatic rings. The summed E-state index contributed by atoms with van der Waals surface area (Å²) in [5.41, 5.74) is 0. The topological polar surface area (TPSA) is 58.2 Å². The number of hydrogen-bond acceptors (Lipinski definition) is 2. The van der Waals surface area contributed by atoms with Gasteiger partial charge in [-0.3, -0.25) is 9.59 Å². The highest BCUT2D eigenvalue weighted by Crippen LogP contribution is 2.16. The van der Waals surface area contributed by atoms with Gasteiger partial charge in [-0.05, 0) is 38.0 Å². The van der Waals surface area contributed by atoms with Crippen molar-refractivity contribution in [3.63, 3.8) is 0 Å². The Labute approximate surface area is 302 Å². The summed E-state index contributed by atoms with van der Waals surface area (Å²) >= 11 is 0. The lowest BCUT2D eigenvalue weighted by Gasteiger charge is -2.22. The monoisotopic (exact) mass is 677 g/mol. The first-order valence-electron chi connectivity index (χ1n) is 22.1. The lowest BCUT2D eigenvalue weighted by atomic mass is 9.98. The van der Waals surface area contributed by atoms with Crippen LogP contribution in [0, 0.1) is 5.92 Å². The van der Waals surface area contributed by atoms with Crippen LogP contribution in [0.1, 0.15) is 252 Å². The molecule has 0 aliphatic carbocycles. The van der Waals surface area contributed by atoms with Crippen molar-refractivity contribution >= 4 is 11.8 Å². The lowest BCUT2D eigenvalue weighted by molar-refractivity contribution is -0.122. The third-order valence-electron chi connectivity index (χ3n) is 10.4. The summed E-state index contributed by atoms with van der Waals surface area (Å²) < 4.78 is 0. The van der Waals surface area contributed by atoms with E-state index < -0.39 is 0 Å². The summed E-state index contributed by atoms with van der Waals surface area (Å²) in [7, 11) is 0. The molecular formula is C44H88N2O2. The third-order valence-corrected chi connectivity index (χ3v) is 10.4. The normalized spacial score (nSPS) is 12.1. The first-order valence-corrected chi connectivity index (χ1v) is 22.1. The predicted octanol–water partition coefficient (Wildman–Crippen LogP) is 13.9. The van der Waals surface area contributed by atoms with Crippen LogP contribution in [0.2, 0.25) is 0 Å². The molecule has 0 aliphatic rings. The molecule has 0 unspecified atom stereocenters. The van der Waals surface area contributed by atoms with E-state index in [1.165, 1.54) is 180 Å². The molecule has 0 heterocycles. The van der Waals surface area contributed by atoms with Gasteiger partial charge >= 0.3 is 0 Å². The highest BCUT2D eigenvalue weighted by atomic mass is 16.2. The van der Waals surface area contributed by atoms with Gasteiger partial charge in [-0.2, -0.15) is 0 Å². The van der Waals surface area contributed by atoms with Gasteiger partial charge < -0.3 is 10.6 Å². The molecule has 1 atom stereocenters. The van der Waals surface area contributed by atoms with Crippen molar-refractivity contribution in [3.8, 4) is 0 Å². The summed E-state index contributed by atoms with van der Waals surface area (Å²) in [6.07, 6.45) is 44.9. The zero-order valence-corrected chi connectivity index (χ0v) is 33.4. The Balaban J connectivity index is 3.56. The molecule has 0 saturated heterocycles. The Morgan fingerprint density at radius 2 is 0.708 bits per heavy atom. The van der Waals surface area contributed by atoms with Crippen molar-refractivity contribution in [2.24, 2.45) is 5.92 Å². The van der Waals surface area contributed by atoms with Crippen molar-refractivity contribution in [3.05, 3.63) is 0 Å². The Kier molecular flexibility index (Phi) is 37.9. The van der Waals surface area contributed by atoms with Crippen molar-refractivity contribution in [2.75, 3.05) is 6.54 Å². The number of amides is 2. The first kappa shape index (κ1) is 46.9. The molecule has 0 aromatic carbocycles. The maximum absolute atomic E-state index is 12.6. The third kappa shape index (κ3) is 36.2. The van der Waals surface area contributed by atoms with E-state index >= 15 is 0 Å². The molecule has 0 radical (unpaired) electrons. The number of carbonyl (C=O) groups excluding carboxylic acids is 2. The fourth-order valence-corrected chi connectivity index (χ4v) is 6.97. The van der Waals surface area contributed by atoms with E-state index in [0.29, 0.717) is 18.8 Å². The Morgan fingerprint density at radius 1 is 0.396 bits per heavy atom. The first-order chi connectivity index (χ1) is 23.5. The summed E-state index contributed by atoms with van der Waals surface area (Å²) in [6.45, 7) is 9.74. The van der Waals surface area contributed by atoms with E-state index in [4.69, 9.17) is 0 Å². The lowest BCUT2D eigenvalue weighted by Crippen LogP contribution is -2.38. The molecule has 0 aliphatic heterocycles. The maximum atomic E-state index is 12.6. The van der Waals surface area contributed by atoms with Gasteiger partial charge in [-0.25, -0.2) is 0 Å². The molecule has 0 fully saturated rings. The molecule has 0 spiro atoms. The maximum Gasteiger partial charge on any atom is 0.220 e. The van der Waals surface area contributed by atoms with Crippen molar-refractivity contribution < 1.29 is 9.59 Å². The highest BCUT2D eigenvalue weighted by Gasteiger charge is 2.15. The molecule has 0 saturated carbocycles. The van der Waals surface area contributed by atoms with Crippen LogP contribution in [0.4, 0.5) is 0 Å². The van der Waals surface area contributed by atoms with E-state index in [1.54, 1.807) is 0 Å². The zero-order valence-electron chi connectivity index (χ0n) is 33.4. The summed E-state index contributed by atoms with van der Waals surface area (Å²) in [4.78, 5) is 24.8. The molecule has 2 N–H and O–H groups in total. The predicted molar refractivity (Wildman–Crippen MR) is 213 cm³/mol. The number of carbonyl (C=O) groups is 2. The van der Waals surface area contributed by atoms with Crippen LogP contribution < -0.4 is 10.6 Å². The van der Waals surface area contributed by atoms with Crippen molar-refractivity contribution in [2.45, 2.75) is 258 Å². The highest BCUT2D eigenvalue weighted by molar-refractivity contribution is 5.76. The van der Waals surface area contributed by atoms with E-state index in [-0.39, 0.29) is 17.9 Å². The molecule has 0 aromatic heterocycles. The molecule has 286 valence electrons. The fourth-order valence-electron chi connectivity index (χ4n) is 6.97. The van der Waals surface area contributed by atoms with Gasteiger partial charge in [0, 0.05) is 25.4 Å². The standard InChI is InChI=1S/C44H88N2O2/c1-5-7-9-11-13-15-17-19-21-23-25-27-29-31-33-38-43(47)45-40-36-35-37-42(41(3)4)46-44(48)39-34-32-30-28-26-24-22-20-18-16-14-12-10-8-6-2/h41-42H,5-40H2,1-4H3,(H,45,47)(H,46,48)/t42-/m0/s1. The van der Waals surface area contributed by atoms with Gasteiger partial charge in [-0.15, -0.1) is 0 Å². The fraction of sp³-hybridized carbons (Fsp3) is 0.955. The Hall–Kier alpha value is -1.06. The number of rotatable bonds is 39. The van der Waals surface area contributed by atoms with Gasteiger partial charge in [0.25, 0.3) is 0 Å². The second-order valence-corrected chi connectivity index (χ2v) is 15.7. The van der Waals surface area contributed by atoms with E-state index in [0.717, 1.165) is 38.6 Å². The van der Waals surface area contributed by atoms with E-state index in [1.807, 2.05) is 0 Å². The summed E-state index contributed by atoms with van der Waals surface area (Å²) in [5, 5.41) is 6.43. The minimum Gasteiger partial charge on any atom is -0.356 e. The minimum absolute atomic E-state index is 0.210. The van der Waals surface area contributed by atoms with Gasteiger partial charge in [0.1, 0.15) is 0 Å². The largest absolute Gasteiger partial charge is 0.356 e. The second-order valence-electron chi connectivity index (χ2n) is 15.7. The smallest absolute Gasteiger partial charge is 0.220 e. The van der Waals surface area contributed by atoms with Crippen LogP contribution >= 0.6 is 0 Å². The second kappa shape index (κ2) is 38.7. The molecular weight excluding hydrogens is 588 g/mol. The molecule has 48 heavy (non-hydrogen) atoms. The van der Waals surface area contributed by atoms with Gasteiger partial charge in [-0.1, -0.05) is 207 Å². The average Bonchev–Trinajstić information content (AvgIpc) is 3.07. The zero-order chi connectivity index (χ0) is 35.2. The van der Waals surface area contributed by atoms with Crippen LogP contribution in [-0.4, -0.2) is 24.4 Å². The van der Waals surface area contributed by atoms with Crippen molar-refractivity contribution in [1.29, 1.82) is 0 Å². The Bertz CT molecular complexity index is 664. The quantitative estimate of drug-likeness (QED) is 0.0637. The summed E-state index contributed by atoms with van der Waals surface area (Å²) in [5.74, 6) is 0.872. The number of unbranched alkanes of at least 4 members (excludes halogenated alkanes) is 29. The SMILES string of the molecule is CCCCCCCCCCCCCCCCCC(=O)NCCCC[C@H](NC(=O)CCCCCCCCCCCCCCCCC)C(C)C.